The van der Waals surface area contributed by atoms with Gasteiger partial charge in [-0.2, -0.15) is 0 Å². The minimum absolute atomic E-state index is 0.0903. The molecule has 1 saturated heterocycles. The Kier molecular flexibility index (Phi) is 4.59. The van der Waals surface area contributed by atoms with Crippen molar-refractivity contribution in [1.29, 1.82) is 0 Å². The van der Waals surface area contributed by atoms with E-state index in [1.54, 1.807) is 17.1 Å². The lowest BCUT2D eigenvalue weighted by Gasteiger charge is -2.38. The molecule has 4 N–H and O–H groups in total. The molecule has 0 amide bonds. The van der Waals surface area contributed by atoms with E-state index in [9.17, 15) is 8.42 Å². The molecule has 8 heteroatoms. The fourth-order valence-electron chi connectivity index (χ4n) is 2.50. The molecule has 0 radical (unpaired) electrons. The van der Waals surface area contributed by atoms with Crippen molar-refractivity contribution in [3.05, 3.63) is 18.3 Å². The highest BCUT2D eigenvalue weighted by Gasteiger charge is 2.30. The zero-order chi connectivity index (χ0) is 14.8. The molecule has 112 valence electrons. The molecule has 0 bridgehead atoms. The summed E-state index contributed by atoms with van der Waals surface area (Å²) in [7, 11) is -3.75. The van der Waals surface area contributed by atoms with Crippen molar-refractivity contribution in [3.63, 3.8) is 0 Å². The molecule has 0 saturated carbocycles. The summed E-state index contributed by atoms with van der Waals surface area (Å²) in [6.45, 7) is 4.03. The van der Waals surface area contributed by atoms with Gasteiger partial charge >= 0.3 is 0 Å². The molecule has 1 aliphatic rings. The summed E-state index contributed by atoms with van der Waals surface area (Å²) in [6.07, 6.45) is 4.48. The van der Waals surface area contributed by atoms with Gasteiger partial charge in [0.25, 0.3) is 10.0 Å². The summed E-state index contributed by atoms with van der Waals surface area (Å²) < 4.78 is 24.9. The monoisotopic (exact) mass is 299 g/mol. The second-order valence-electron chi connectivity index (χ2n) is 5.13. The quantitative estimate of drug-likeness (QED) is 0.562. The van der Waals surface area contributed by atoms with Crippen molar-refractivity contribution < 1.29 is 8.42 Å². The van der Waals surface area contributed by atoms with Crippen LogP contribution in [0.25, 0.3) is 0 Å². The number of nitrogens with zero attached hydrogens (tertiary/aromatic N) is 2. The maximum Gasteiger partial charge on any atom is 0.273 e. The van der Waals surface area contributed by atoms with E-state index in [4.69, 9.17) is 5.84 Å². The predicted octanol–water partition coefficient (Wildman–Crippen LogP) is 0.823. The molecule has 2 rings (SSSR count). The topological polar surface area (TPSA) is 100 Å². The lowest BCUT2D eigenvalue weighted by atomic mass is 10.0. The molecular weight excluding hydrogens is 278 g/mol. The first-order valence-corrected chi connectivity index (χ1v) is 8.16. The lowest BCUT2D eigenvalue weighted by molar-refractivity contribution is 0.0789. The highest BCUT2D eigenvalue weighted by atomic mass is 32.2. The van der Waals surface area contributed by atoms with Crippen molar-refractivity contribution in [2.45, 2.75) is 50.2 Å². The third-order valence-corrected chi connectivity index (χ3v) is 4.89. The fraction of sp³-hybridized carbons (Fsp3) is 0.583. The van der Waals surface area contributed by atoms with E-state index in [0.29, 0.717) is 0 Å². The fourth-order valence-corrected chi connectivity index (χ4v) is 3.84. The second kappa shape index (κ2) is 6.04. The van der Waals surface area contributed by atoms with Crippen LogP contribution >= 0.6 is 0 Å². The molecular formula is C12H21N5O2S. The lowest BCUT2D eigenvalue weighted by Crippen LogP contribution is -2.54. The number of anilines is 1. The van der Waals surface area contributed by atoms with Gasteiger partial charge in [-0.15, -0.1) is 4.83 Å². The normalized spacial score (nSPS) is 24.6. The minimum Gasteiger partial charge on any atom is -0.321 e. The van der Waals surface area contributed by atoms with Crippen LogP contribution in [0.1, 0.15) is 33.1 Å². The third kappa shape index (κ3) is 3.09. The van der Waals surface area contributed by atoms with E-state index in [2.05, 4.69) is 15.2 Å². The van der Waals surface area contributed by atoms with Gasteiger partial charge in [0.1, 0.15) is 0 Å². The smallest absolute Gasteiger partial charge is 0.273 e. The van der Waals surface area contributed by atoms with Crippen LogP contribution in [0.4, 0.5) is 5.69 Å². The highest BCUT2D eigenvalue weighted by Crippen LogP contribution is 2.23. The molecule has 2 unspecified atom stereocenters. The summed E-state index contributed by atoms with van der Waals surface area (Å²) in [5, 5.41) is 1.70. The standard InChI is InChI=1S/C12H21N5O2S/c1-9-5-3-6-10(2)17(9)16-20(18,19)12-11(15-13)7-4-8-14-12/h4,7-10,15-16H,3,5-6,13H2,1-2H3. The van der Waals surface area contributed by atoms with Crippen LogP contribution in [0.2, 0.25) is 0 Å². The van der Waals surface area contributed by atoms with Crippen LogP contribution in [0.15, 0.2) is 23.4 Å². The van der Waals surface area contributed by atoms with E-state index in [0.717, 1.165) is 19.3 Å². The Morgan fingerprint density at radius 3 is 2.60 bits per heavy atom. The predicted molar refractivity (Wildman–Crippen MR) is 77.0 cm³/mol. The van der Waals surface area contributed by atoms with E-state index in [1.165, 1.54) is 6.20 Å². The maximum atomic E-state index is 12.5. The number of rotatable bonds is 4. The van der Waals surface area contributed by atoms with Gasteiger partial charge in [-0.05, 0) is 38.8 Å². The molecule has 0 aliphatic carbocycles. The van der Waals surface area contributed by atoms with Crippen LogP contribution in [-0.2, 0) is 10.0 Å². The van der Waals surface area contributed by atoms with Crippen LogP contribution in [-0.4, -0.2) is 30.5 Å². The zero-order valence-electron chi connectivity index (χ0n) is 11.7. The summed E-state index contributed by atoms with van der Waals surface area (Å²) in [6, 6.07) is 3.52. The van der Waals surface area contributed by atoms with E-state index in [-0.39, 0.29) is 22.8 Å². The maximum absolute atomic E-state index is 12.5. The van der Waals surface area contributed by atoms with Gasteiger partial charge in [-0.1, -0.05) is 6.42 Å². The molecule has 0 spiro atoms. The Hall–Kier alpha value is -1.22. The molecule has 7 nitrogen and oxygen atoms in total. The van der Waals surface area contributed by atoms with Gasteiger partial charge in [0.15, 0.2) is 5.03 Å². The van der Waals surface area contributed by atoms with Gasteiger partial charge in [-0.25, -0.2) is 18.4 Å². The highest BCUT2D eigenvalue weighted by molar-refractivity contribution is 7.89. The number of nitrogen functional groups attached to an aromatic ring is 1. The van der Waals surface area contributed by atoms with Gasteiger partial charge in [0, 0.05) is 18.3 Å². The molecule has 2 heterocycles. The summed E-state index contributed by atoms with van der Waals surface area (Å²) in [5.74, 6) is 5.34. The van der Waals surface area contributed by atoms with Crippen molar-refractivity contribution in [1.82, 2.24) is 14.8 Å². The molecule has 1 aromatic rings. The largest absolute Gasteiger partial charge is 0.321 e. The van der Waals surface area contributed by atoms with Crippen LogP contribution in [0.5, 0.6) is 0 Å². The Bertz CT molecular complexity index is 553. The van der Waals surface area contributed by atoms with Gasteiger partial charge in [0.05, 0.1) is 5.69 Å². The number of nitrogens with two attached hydrogens (primary N) is 1. The molecule has 1 fully saturated rings. The Morgan fingerprint density at radius 2 is 2.00 bits per heavy atom. The number of piperidine rings is 1. The number of sulfonamides is 1. The average Bonchev–Trinajstić information content (AvgIpc) is 2.43. The molecule has 1 aromatic heterocycles. The first kappa shape index (κ1) is 15.2. The van der Waals surface area contributed by atoms with Crippen LogP contribution < -0.4 is 16.1 Å². The van der Waals surface area contributed by atoms with E-state index in [1.807, 2.05) is 13.8 Å². The first-order chi connectivity index (χ1) is 9.45. The number of hydrazine groups is 2. The average molecular weight is 299 g/mol. The Labute approximate surface area is 119 Å². The number of hydrogen-bond acceptors (Lipinski definition) is 6. The molecule has 0 aromatic carbocycles. The van der Waals surface area contributed by atoms with Crippen molar-refractivity contribution in [2.24, 2.45) is 5.84 Å². The molecule has 2 atom stereocenters. The Balaban J connectivity index is 2.26. The third-order valence-electron chi connectivity index (χ3n) is 3.60. The van der Waals surface area contributed by atoms with Crippen LogP contribution in [0.3, 0.4) is 0 Å². The Morgan fingerprint density at radius 1 is 1.35 bits per heavy atom. The second-order valence-corrected chi connectivity index (χ2v) is 6.71. The first-order valence-electron chi connectivity index (χ1n) is 6.68. The zero-order valence-corrected chi connectivity index (χ0v) is 12.5. The van der Waals surface area contributed by atoms with Crippen molar-refractivity contribution in [2.75, 3.05) is 5.43 Å². The van der Waals surface area contributed by atoms with Gasteiger partial charge in [0.2, 0.25) is 0 Å². The van der Waals surface area contributed by atoms with E-state index < -0.39 is 10.0 Å². The summed E-state index contributed by atoms with van der Waals surface area (Å²) >= 11 is 0. The van der Waals surface area contributed by atoms with Gasteiger partial charge in [-0.3, -0.25) is 5.84 Å². The number of hydrogen-bond donors (Lipinski definition) is 3. The van der Waals surface area contributed by atoms with Crippen molar-refractivity contribution >= 4 is 15.7 Å². The summed E-state index contributed by atoms with van der Waals surface area (Å²) in [5.41, 5.74) is 2.64. The van der Waals surface area contributed by atoms with E-state index >= 15 is 0 Å². The number of nitrogens with one attached hydrogen (secondary N) is 2. The molecule has 20 heavy (non-hydrogen) atoms. The van der Waals surface area contributed by atoms with Gasteiger partial charge < -0.3 is 5.43 Å². The van der Waals surface area contributed by atoms with Crippen LogP contribution in [0, 0.1) is 0 Å². The molecule has 1 aliphatic heterocycles. The number of pyridine rings is 1. The number of aromatic nitrogens is 1. The summed E-state index contributed by atoms with van der Waals surface area (Å²) in [4.78, 5) is 6.55. The SMILES string of the molecule is CC1CCCC(C)N1NS(=O)(=O)c1ncccc1NN. The van der Waals surface area contributed by atoms with Crippen molar-refractivity contribution in [3.8, 4) is 0 Å². The minimum atomic E-state index is -3.75.